The third kappa shape index (κ3) is 3.16. The van der Waals surface area contributed by atoms with Crippen molar-refractivity contribution in [1.29, 1.82) is 0 Å². The van der Waals surface area contributed by atoms with Crippen LogP contribution in [-0.4, -0.2) is 45.3 Å². The number of hydrogen-bond donors (Lipinski definition) is 2. The van der Waals surface area contributed by atoms with Crippen molar-refractivity contribution in [3.63, 3.8) is 0 Å². The summed E-state index contributed by atoms with van der Waals surface area (Å²) in [6, 6.07) is 3.33. The molecule has 2 heterocycles. The molecule has 7 heteroatoms. The molecule has 0 spiro atoms. The molecule has 0 saturated carbocycles. The van der Waals surface area contributed by atoms with E-state index in [1.807, 2.05) is 0 Å². The Morgan fingerprint density at radius 3 is 2.89 bits per heavy atom. The topological polar surface area (TPSA) is 95.4 Å². The molecule has 2 amide bonds. The van der Waals surface area contributed by atoms with Crippen molar-refractivity contribution in [2.75, 3.05) is 13.1 Å². The molecular weight excluding hydrogens is 236 g/mol. The fourth-order valence-electron chi connectivity index (χ4n) is 1.82. The summed E-state index contributed by atoms with van der Waals surface area (Å²) in [6.07, 6.45) is 1.69. The zero-order chi connectivity index (χ0) is 13.0. The van der Waals surface area contributed by atoms with Gasteiger partial charge in [-0.1, -0.05) is 0 Å². The molecule has 18 heavy (non-hydrogen) atoms. The van der Waals surface area contributed by atoms with Crippen molar-refractivity contribution in [1.82, 2.24) is 20.4 Å². The number of likely N-dealkylation sites (tertiary alicyclic amines) is 1. The highest BCUT2D eigenvalue weighted by molar-refractivity contribution is 5.75. The molecular formula is C11H14N4O3. The molecule has 96 valence electrons. The fraction of sp³-hybridized carbons (Fsp3) is 0.455. The Hall–Kier alpha value is -2.18. The monoisotopic (exact) mass is 250 g/mol. The molecule has 1 aliphatic heterocycles. The van der Waals surface area contributed by atoms with E-state index in [1.165, 1.54) is 0 Å². The molecule has 1 aliphatic rings. The van der Waals surface area contributed by atoms with Crippen molar-refractivity contribution in [2.24, 2.45) is 5.92 Å². The van der Waals surface area contributed by atoms with Crippen LogP contribution in [0.3, 0.4) is 0 Å². The summed E-state index contributed by atoms with van der Waals surface area (Å²) >= 11 is 0. The van der Waals surface area contributed by atoms with Crippen LogP contribution < -0.4 is 5.32 Å². The number of urea groups is 1. The maximum Gasteiger partial charge on any atom is 0.317 e. The van der Waals surface area contributed by atoms with Gasteiger partial charge in [-0.05, 0) is 12.1 Å². The minimum absolute atomic E-state index is 0.0739. The van der Waals surface area contributed by atoms with Gasteiger partial charge in [0.2, 0.25) is 0 Å². The van der Waals surface area contributed by atoms with Crippen molar-refractivity contribution < 1.29 is 14.7 Å². The third-order valence-electron chi connectivity index (χ3n) is 2.76. The van der Waals surface area contributed by atoms with Gasteiger partial charge in [0, 0.05) is 25.2 Å². The molecule has 1 saturated heterocycles. The number of carbonyl (C=O) groups excluding carboxylic acids is 1. The van der Waals surface area contributed by atoms with Gasteiger partial charge in [0.05, 0.1) is 18.7 Å². The second kappa shape index (κ2) is 5.44. The van der Waals surface area contributed by atoms with Gasteiger partial charge in [0.25, 0.3) is 0 Å². The molecule has 7 nitrogen and oxygen atoms in total. The number of rotatable bonds is 4. The number of amides is 2. The predicted octanol–water partition coefficient (Wildman–Crippen LogP) is 0.0927. The van der Waals surface area contributed by atoms with E-state index in [4.69, 9.17) is 5.11 Å². The van der Waals surface area contributed by atoms with Gasteiger partial charge in [-0.3, -0.25) is 4.79 Å². The summed E-state index contributed by atoms with van der Waals surface area (Å²) in [5.41, 5.74) is 0.688. The lowest BCUT2D eigenvalue weighted by Gasteiger charge is -2.38. The molecule has 0 aliphatic carbocycles. The molecule has 2 rings (SSSR count). The predicted molar refractivity (Wildman–Crippen MR) is 61.6 cm³/mol. The number of carboxylic acid groups (broad SMARTS) is 1. The first kappa shape index (κ1) is 12.3. The first-order valence-electron chi connectivity index (χ1n) is 5.66. The van der Waals surface area contributed by atoms with Gasteiger partial charge >= 0.3 is 12.0 Å². The average molecular weight is 250 g/mol. The van der Waals surface area contributed by atoms with Crippen LogP contribution in [-0.2, 0) is 11.3 Å². The summed E-state index contributed by atoms with van der Waals surface area (Å²) in [7, 11) is 0. The summed E-state index contributed by atoms with van der Waals surface area (Å²) in [6.45, 7) is 1.32. The number of carbonyl (C=O) groups is 2. The maximum absolute atomic E-state index is 11.6. The Balaban J connectivity index is 1.70. The van der Waals surface area contributed by atoms with E-state index in [-0.39, 0.29) is 18.4 Å². The first-order chi connectivity index (χ1) is 8.65. The van der Waals surface area contributed by atoms with E-state index in [9.17, 15) is 9.59 Å². The molecule has 0 unspecified atom stereocenters. The molecule has 0 atom stereocenters. The third-order valence-corrected chi connectivity index (χ3v) is 2.76. The molecule has 2 N–H and O–H groups in total. The fourth-order valence-corrected chi connectivity index (χ4v) is 1.82. The Kier molecular flexibility index (Phi) is 3.71. The van der Waals surface area contributed by atoms with Gasteiger partial charge in [-0.25, -0.2) is 4.79 Å². The lowest BCUT2D eigenvalue weighted by atomic mass is 9.97. The second-order valence-corrected chi connectivity index (χ2v) is 4.24. The summed E-state index contributed by atoms with van der Waals surface area (Å²) in [4.78, 5) is 23.7. The van der Waals surface area contributed by atoms with Crippen molar-refractivity contribution >= 4 is 12.0 Å². The lowest BCUT2D eigenvalue weighted by molar-refractivity contribution is -0.139. The minimum Gasteiger partial charge on any atom is -0.481 e. The average Bonchev–Trinajstić information content (AvgIpc) is 2.31. The van der Waals surface area contributed by atoms with E-state index in [0.717, 1.165) is 0 Å². The summed E-state index contributed by atoms with van der Waals surface area (Å²) in [5.74, 6) is -0.746. The smallest absolute Gasteiger partial charge is 0.317 e. The second-order valence-electron chi connectivity index (χ2n) is 4.24. The molecule has 1 fully saturated rings. The minimum atomic E-state index is -0.820. The van der Waals surface area contributed by atoms with Crippen LogP contribution in [0.25, 0.3) is 0 Å². The van der Waals surface area contributed by atoms with Crippen LogP contribution in [0.4, 0.5) is 4.79 Å². The van der Waals surface area contributed by atoms with Gasteiger partial charge in [0.1, 0.15) is 0 Å². The Morgan fingerprint density at radius 2 is 2.28 bits per heavy atom. The highest BCUT2D eigenvalue weighted by Gasteiger charge is 2.31. The molecule has 0 bridgehead atoms. The van der Waals surface area contributed by atoms with Crippen molar-refractivity contribution in [2.45, 2.75) is 13.0 Å². The van der Waals surface area contributed by atoms with Crippen LogP contribution in [0.1, 0.15) is 12.1 Å². The number of nitrogens with zero attached hydrogens (tertiary/aromatic N) is 3. The van der Waals surface area contributed by atoms with E-state index < -0.39 is 5.97 Å². The van der Waals surface area contributed by atoms with Gasteiger partial charge in [-0.15, -0.1) is 0 Å². The number of nitrogens with one attached hydrogen (secondary N) is 1. The number of hydrogen-bond acceptors (Lipinski definition) is 4. The SMILES string of the molecule is O=C(O)CC1CN(C(=O)NCc2cccnn2)C1. The van der Waals surface area contributed by atoms with E-state index in [0.29, 0.717) is 25.3 Å². The van der Waals surface area contributed by atoms with Crippen LogP contribution in [0, 0.1) is 5.92 Å². The van der Waals surface area contributed by atoms with E-state index >= 15 is 0 Å². The molecule has 0 aromatic carbocycles. The Morgan fingerprint density at radius 1 is 1.50 bits per heavy atom. The standard InChI is InChI=1S/C11H14N4O3/c16-10(17)4-8-6-15(7-8)11(18)12-5-9-2-1-3-13-14-9/h1-3,8H,4-7H2,(H,12,18)(H,16,17). The van der Waals surface area contributed by atoms with Crippen LogP contribution >= 0.6 is 0 Å². The zero-order valence-corrected chi connectivity index (χ0v) is 9.74. The van der Waals surface area contributed by atoms with Crippen molar-refractivity contribution in [3.05, 3.63) is 24.0 Å². The van der Waals surface area contributed by atoms with Crippen molar-refractivity contribution in [3.8, 4) is 0 Å². The van der Waals surface area contributed by atoms with E-state index in [2.05, 4.69) is 15.5 Å². The Labute approximate surface area is 104 Å². The quantitative estimate of drug-likeness (QED) is 0.789. The van der Waals surface area contributed by atoms with Gasteiger partial charge < -0.3 is 15.3 Å². The number of aliphatic carboxylic acids is 1. The molecule has 1 aromatic rings. The van der Waals surface area contributed by atoms with Crippen LogP contribution in [0.2, 0.25) is 0 Å². The summed E-state index contributed by atoms with van der Waals surface area (Å²) in [5, 5.41) is 18.9. The van der Waals surface area contributed by atoms with Gasteiger partial charge in [-0.2, -0.15) is 10.2 Å². The highest BCUT2D eigenvalue weighted by Crippen LogP contribution is 2.18. The number of carboxylic acids is 1. The largest absolute Gasteiger partial charge is 0.481 e. The normalized spacial score (nSPS) is 15.0. The Bertz CT molecular complexity index is 431. The molecule has 0 radical (unpaired) electrons. The number of aromatic nitrogens is 2. The summed E-state index contributed by atoms with van der Waals surface area (Å²) < 4.78 is 0. The van der Waals surface area contributed by atoms with Gasteiger partial charge in [0.15, 0.2) is 0 Å². The van der Waals surface area contributed by atoms with Crippen LogP contribution in [0.5, 0.6) is 0 Å². The maximum atomic E-state index is 11.6. The van der Waals surface area contributed by atoms with E-state index in [1.54, 1.807) is 23.2 Å². The lowest BCUT2D eigenvalue weighted by Crippen LogP contribution is -2.54. The molecule has 1 aromatic heterocycles. The highest BCUT2D eigenvalue weighted by atomic mass is 16.4. The first-order valence-corrected chi connectivity index (χ1v) is 5.66. The zero-order valence-electron chi connectivity index (χ0n) is 9.74. The van der Waals surface area contributed by atoms with Crippen LogP contribution in [0.15, 0.2) is 18.3 Å².